The maximum Gasteiger partial charge on any atom is 0.267 e. The van der Waals surface area contributed by atoms with Gasteiger partial charge in [-0.25, -0.2) is 4.98 Å². The van der Waals surface area contributed by atoms with Gasteiger partial charge in [-0.15, -0.1) is 11.3 Å². The second-order valence-corrected chi connectivity index (χ2v) is 9.35. The highest BCUT2D eigenvalue weighted by molar-refractivity contribution is 7.99. The van der Waals surface area contributed by atoms with Gasteiger partial charge in [0.25, 0.3) is 5.56 Å². The third-order valence-corrected chi connectivity index (χ3v) is 7.15. The lowest BCUT2D eigenvalue weighted by Crippen LogP contribution is -2.28. The molecular weight excluding hydrogens is 376 g/mol. The molecule has 1 aliphatic heterocycles. The Kier molecular flexibility index (Phi) is 5.39. The van der Waals surface area contributed by atoms with Gasteiger partial charge in [-0.3, -0.25) is 9.36 Å². The van der Waals surface area contributed by atoms with E-state index in [9.17, 15) is 4.79 Å². The molecule has 0 saturated carbocycles. The molecule has 27 heavy (non-hydrogen) atoms. The number of fused-ring (bicyclic) bond motifs is 3. The zero-order valence-corrected chi connectivity index (χ0v) is 17.5. The molecule has 2 aromatic heterocycles. The number of rotatable bonds is 5. The summed E-state index contributed by atoms with van der Waals surface area (Å²) in [6.45, 7) is 7.07. The van der Waals surface area contributed by atoms with E-state index in [2.05, 4.69) is 20.8 Å². The predicted molar refractivity (Wildman–Crippen MR) is 113 cm³/mol. The number of nitrogens with zero attached hydrogens (tertiary/aromatic N) is 2. The van der Waals surface area contributed by atoms with Gasteiger partial charge in [0.05, 0.1) is 23.8 Å². The van der Waals surface area contributed by atoms with Crippen LogP contribution in [0.3, 0.4) is 0 Å². The number of hydrogen-bond acceptors (Lipinski definition) is 5. The number of aromatic nitrogens is 2. The highest BCUT2D eigenvalue weighted by Gasteiger charge is 2.28. The number of thioether (sulfide) groups is 1. The first-order valence-corrected chi connectivity index (χ1v) is 11.3. The standard InChI is InChI=1S/C21H24N2O2S2/c1-4-10-26-21-22-19-18(20(24)23(21)14-8-6-5-7-9-14)15-11-16(13(2)3)25-12-17(15)27-19/h5-9,13,16H,4,10-12H2,1-3H3. The molecule has 0 aliphatic carbocycles. The third-order valence-electron chi connectivity index (χ3n) is 4.90. The fourth-order valence-corrected chi connectivity index (χ4v) is 5.46. The van der Waals surface area contributed by atoms with Crippen molar-refractivity contribution in [3.63, 3.8) is 0 Å². The van der Waals surface area contributed by atoms with Crippen molar-refractivity contribution in [3.8, 4) is 5.69 Å². The Labute approximate surface area is 167 Å². The molecule has 1 aromatic carbocycles. The van der Waals surface area contributed by atoms with E-state index in [1.807, 2.05) is 30.3 Å². The monoisotopic (exact) mass is 400 g/mol. The molecule has 3 aromatic rings. The first-order chi connectivity index (χ1) is 13.1. The minimum Gasteiger partial charge on any atom is -0.372 e. The average molecular weight is 401 g/mol. The number of thiophene rings is 1. The predicted octanol–water partition coefficient (Wildman–Crippen LogP) is 5.05. The zero-order valence-electron chi connectivity index (χ0n) is 15.9. The lowest BCUT2D eigenvalue weighted by Gasteiger charge is -2.26. The Hall–Kier alpha value is -1.63. The van der Waals surface area contributed by atoms with Crippen LogP contribution in [0.2, 0.25) is 0 Å². The van der Waals surface area contributed by atoms with Gasteiger partial charge in [-0.1, -0.05) is 50.7 Å². The maximum atomic E-state index is 13.6. The van der Waals surface area contributed by atoms with E-state index in [1.165, 1.54) is 0 Å². The zero-order chi connectivity index (χ0) is 19.0. The average Bonchev–Trinajstić information content (AvgIpc) is 3.04. The molecule has 0 saturated heterocycles. The Morgan fingerprint density at radius 3 is 2.81 bits per heavy atom. The fourth-order valence-electron chi connectivity index (χ4n) is 3.43. The highest BCUT2D eigenvalue weighted by atomic mass is 32.2. The Morgan fingerprint density at radius 1 is 1.33 bits per heavy atom. The highest BCUT2D eigenvalue weighted by Crippen LogP contribution is 2.36. The van der Waals surface area contributed by atoms with Gasteiger partial charge in [-0.2, -0.15) is 0 Å². The van der Waals surface area contributed by atoms with E-state index in [1.54, 1.807) is 27.7 Å². The van der Waals surface area contributed by atoms with Crippen LogP contribution in [0.4, 0.5) is 0 Å². The Morgan fingerprint density at radius 2 is 2.11 bits per heavy atom. The largest absolute Gasteiger partial charge is 0.372 e. The molecule has 4 rings (SSSR count). The summed E-state index contributed by atoms with van der Waals surface area (Å²) in [7, 11) is 0. The van der Waals surface area contributed by atoms with Crippen LogP contribution in [0.25, 0.3) is 15.9 Å². The maximum absolute atomic E-state index is 13.6. The third kappa shape index (κ3) is 3.46. The molecule has 0 N–H and O–H groups in total. The molecule has 1 atom stereocenters. The number of benzene rings is 1. The van der Waals surface area contributed by atoms with Crippen LogP contribution in [0, 0.1) is 5.92 Å². The van der Waals surface area contributed by atoms with Gasteiger partial charge < -0.3 is 4.74 Å². The summed E-state index contributed by atoms with van der Waals surface area (Å²) >= 11 is 3.27. The smallest absolute Gasteiger partial charge is 0.267 e. The first-order valence-electron chi connectivity index (χ1n) is 9.47. The molecule has 3 heterocycles. The SMILES string of the molecule is CCCSc1nc2sc3c(c2c(=O)n1-c1ccccc1)CC(C(C)C)OC3. The van der Waals surface area contributed by atoms with Gasteiger partial charge in [-0.05, 0) is 30.0 Å². The fraction of sp³-hybridized carbons (Fsp3) is 0.429. The summed E-state index contributed by atoms with van der Waals surface area (Å²) in [5.41, 5.74) is 2.07. The van der Waals surface area contributed by atoms with Crippen LogP contribution in [0.1, 0.15) is 37.6 Å². The van der Waals surface area contributed by atoms with E-state index < -0.39 is 0 Å². The summed E-state index contributed by atoms with van der Waals surface area (Å²) in [6, 6.07) is 9.85. The van der Waals surface area contributed by atoms with Crippen LogP contribution in [-0.4, -0.2) is 21.4 Å². The molecule has 0 radical (unpaired) electrons. The van der Waals surface area contributed by atoms with Crippen molar-refractivity contribution in [2.75, 3.05) is 5.75 Å². The lowest BCUT2D eigenvalue weighted by molar-refractivity contribution is 0.00200. The molecule has 6 heteroatoms. The van der Waals surface area contributed by atoms with Crippen LogP contribution in [-0.2, 0) is 17.8 Å². The second-order valence-electron chi connectivity index (χ2n) is 7.20. The van der Waals surface area contributed by atoms with E-state index in [4.69, 9.17) is 9.72 Å². The van der Waals surface area contributed by atoms with E-state index in [0.717, 1.165) is 50.1 Å². The van der Waals surface area contributed by atoms with Crippen LogP contribution >= 0.6 is 23.1 Å². The molecule has 0 spiro atoms. The molecule has 0 amide bonds. The van der Waals surface area contributed by atoms with Crippen molar-refractivity contribution in [1.29, 1.82) is 0 Å². The van der Waals surface area contributed by atoms with Crippen molar-refractivity contribution >= 4 is 33.3 Å². The van der Waals surface area contributed by atoms with E-state index in [0.29, 0.717) is 12.5 Å². The summed E-state index contributed by atoms with van der Waals surface area (Å²) in [5, 5.41) is 1.56. The second kappa shape index (κ2) is 7.78. The number of para-hydroxylation sites is 1. The lowest BCUT2D eigenvalue weighted by atomic mass is 9.96. The summed E-state index contributed by atoms with van der Waals surface area (Å²) in [5.74, 6) is 1.37. The van der Waals surface area contributed by atoms with Crippen molar-refractivity contribution < 1.29 is 4.74 Å². The topological polar surface area (TPSA) is 44.1 Å². The molecule has 142 valence electrons. The minimum absolute atomic E-state index is 0.0479. The summed E-state index contributed by atoms with van der Waals surface area (Å²) < 4.78 is 7.80. The van der Waals surface area contributed by atoms with Gasteiger partial charge in [0.2, 0.25) is 0 Å². The Bertz CT molecular complexity index is 1010. The van der Waals surface area contributed by atoms with Gasteiger partial charge in [0.1, 0.15) is 4.83 Å². The minimum atomic E-state index is 0.0479. The van der Waals surface area contributed by atoms with E-state index >= 15 is 0 Å². The molecule has 4 nitrogen and oxygen atoms in total. The molecular formula is C21H24N2O2S2. The molecule has 0 bridgehead atoms. The molecule has 1 unspecified atom stereocenters. The van der Waals surface area contributed by atoms with Crippen molar-refractivity contribution in [2.45, 2.75) is 51.5 Å². The van der Waals surface area contributed by atoms with Crippen molar-refractivity contribution in [2.24, 2.45) is 5.92 Å². The number of ether oxygens (including phenoxy) is 1. The Balaban J connectivity index is 1.93. The van der Waals surface area contributed by atoms with Gasteiger partial charge in [0.15, 0.2) is 5.16 Å². The normalized spacial score (nSPS) is 16.8. The van der Waals surface area contributed by atoms with Crippen molar-refractivity contribution in [3.05, 3.63) is 51.1 Å². The number of hydrogen-bond donors (Lipinski definition) is 0. The molecule has 0 fully saturated rings. The summed E-state index contributed by atoms with van der Waals surface area (Å²) in [4.78, 5) is 20.5. The quantitative estimate of drug-likeness (QED) is 0.444. The van der Waals surface area contributed by atoms with Crippen molar-refractivity contribution in [1.82, 2.24) is 9.55 Å². The van der Waals surface area contributed by atoms with Gasteiger partial charge >= 0.3 is 0 Å². The van der Waals surface area contributed by atoms with Crippen LogP contribution < -0.4 is 5.56 Å². The van der Waals surface area contributed by atoms with Crippen LogP contribution in [0.15, 0.2) is 40.3 Å². The first kappa shape index (κ1) is 18.7. The summed E-state index contributed by atoms with van der Waals surface area (Å²) in [6.07, 6.45) is 1.99. The van der Waals surface area contributed by atoms with E-state index in [-0.39, 0.29) is 11.7 Å². The van der Waals surface area contributed by atoms with Gasteiger partial charge in [0, 0.05) is 17.1 Å². The van der Waals surface area contributed by atoms with Crippen LogP contribution in [0.5, 0.6) is 0 Å². The molecule has 1 aliphatic rings.